The molecule has 1 aromatic carbocycles. The summed E-state index contributed by atoms with van der Waals surface area (Å²) >= 11 is 6.99. The van der Waals surface area contributed by atoms with Crippen LogP contribution in [0.1, 0.15) is 17.1 Å². The van der Waals surface area contributed by atoms with Crippen LogP contribution in [0.4, 0.5) is 4.79 Å². The first-order chi connectivity index (χ1) is 10.5. The fourth-order valence-electron chi connectivity index (χ4n) is 2.09. The highest BCUT2D eigenvalue weighted by Crippen LogP contribution is 2.34. The van der Waals surface area contributed by atoms with E-state index in [4.69, 9.17) is 16.0 Å². The van der Waals surface area contributed by atoms with E-state index in [1.165, 1.54) is 4.90 Å². The Morgan fingerprint density at radius 1 is 1.23 bits per heavy atom. The minimum atomic E-state index is -0.330. The molecule has 2 heterocycles. The average molecular weight is 334 g/mol. The number of carbonyl (C=O) groups is 2. The number of hydrogen-bond acceptors (Lipinski definition) is 4. The largest absolute Gasteiger partial charge is 0.462 e. The van der Waals surface area contributed by atoms with Crippen molar-refractivity contribution >= 4 is 40.6 Å². The molecule has 4 nitrogen and oxygen atoms in total. The summed E-state index contributed by atoms with van der Waals surface area (Å²) in [5.41, 5.74) is 0.738. The van der Waals surface area contributed by atoms with E-state index in [0.29, 0.717) is 15.7 Å². The molecule has 1 aliphatic heterocycles. The van der Waals surface area contributed by atoms with E-state index in [1.54, 1.807) is 36.4 Å². The van der Waals surface area contributed by atoms with Gasteiger partial charge in [-0.25, -0.2) is 0 Å². The van der Waals surface area contributed by atoms with Gasteiger partial charge in [-0.2, -0.15) is 0 Å². The molecular formula is C16H12ClNO3S. The maximum Gasteiger partial charge on any atom is 0.293 e. The Morgan fingerprint density at radius 3 is 2.68 bits per heavy atom. The third-order valence-corrected chi connectivity index (χ3v) is 4.47. The number of halogens is 1. The van der Waals surface area contributed by atoms with Crippen LogP contribution in [0.2, 0.25) is 5.02 Å². The Balaban J connectivity index is 1.83. The SMILES string of the molecule is Cc1ccc(/C=C2/SC(=O)N(Cc3ccccc3Cl)C2=O)o1. The van der Waals surface area contributed by atoms with Crippen LogP contribution in [0.25, 0.3) is 6.08 Å². The summed E-state index contributed by atoms with van der Waals surface area (Å²) in [7, 11) is 0. The second-order valence-electron chi connectivity index (χ2n) is 4.81. The van der Waals surface area contributed by atoms with Crippen LogP contribution in [0.3, 0.4) is 0 Å². The van der Waals surface area contributed by atoms with Crippen molar-refractivity contribution in [2.75, 3.05) is 0 Å². The fourth-order valence-corrected chi connectivity index (χ4v) is 3.11. The normalized spacial score (nSPS) is 16.8. The zero-order valence-electron chi connectivity index (χ0n) is 11.7. The lowest BCUT2D eigenvalue weighted by Crippen LogP contribution is -2.27. The molecule has 0 N–H and O–H groups in total. The van der Waals surface area contributed by atoms with Gasteiger partial charge in [0.15, 0.2) is 0 Å². The number of rotatable bonds is 3. The van der Waals surface area contributed by atoms with Gasteiger partial charge in [0.1, 0.15) is 11.5 Å². The van der Waals surface area contributed by atoms with Crippen LogP contribution >= 0.6 is 23.4 Å². The molecule has 1 aromatic heterocycles. The number of aryl methyl sites for hydroxylation is 1. The quantitative estimate of drug-likeness (QED) is 0.777. The van der Waals surface area contributed by atoms with Crippen LogP contribution in [0.5, 0.6) is 0 Å². The number of thioether (sulfide) groups is 1. The predicted molar refractivity (Wildman–Crippen MR) is 86.4 cm³/mol. The number of amides is 2. The maximum atomic E-state index is 12.4. The van der Waals surface area contributed by atoms with Gasteiger partial charge < -0.3 is 4.42 Å². The first kappa shape index (κ1) is 14.9. The van der Waals surface area contributed by atoms with Gasteiger partial charge in [0.05, 0.1) is 11.4 Å². The van der Waals surface area contributed by atoms with E-state index in [-0.39, 0.29) is 17.7 Å². The molecule has 1 fully saturated rings. The van der Waals surface area contributed by atoms with Gasteiger partial charge in [-0.1, -0.05) is 29.8 Å². The van der Waals surface area contributed by atoms with Crippen LogP contribution in [0.15, 0.2) is 45.7 Å². The van der Waals surface area contributed by atoms with Gasteiger partial charge in [-0.3, -0.25) is 14.5 Å². The van der Waals surface area contributed by atoms with Gasteiger partial charge in [0.25, 0.3) is 11.1 Å². The van der Waals surface area contributed by atoms with E-state index in [1.807, 2.05) is 13.0 Å². The van der Waals surface area contributed by atoms with E-state index >= 15 is 0 Å². The van der Waals surface area contributed by atoms with Crippen molar-refractivity contribution in [1.29, 1.82) is 0 Å². The molecule has 2 amide bonds. The summed E-state index contributed by atoms with van der Waals surface area (Å²) in [6.45, 7) is 1.99. The molecule has 1 aliphatic rings. The Morgan fingerprint density at radius 2 is 2.00 bits per heavy atom. The number of nitrogens with zero attached hydrogens (tertiary/aromatic N) is 1. The molecule has 2 aromatic rings. The van der Waals surface area contributed by atoms with Crippen molar-refractivity contribution in [3.63, 3.8) is 0 Å². The van der Waals surface area contributed by atoms with Gasteiger partial charge >= 0.3 is 0 Å². The van der Waals surface area contributed by atoms with Crippen molar-refractivity contribution in [3.8, 4) is 0 Å². The van der Waals surface area contributed by atoms with E-state index < -0.39 is 0 Å². The van der Waals surface area contributed by atoms with Gasteiger partial charge in [-0.05, 0) is 42.4 Å². The summed E-state index contributed by atoms with van der Waals surface area (Å²) in [4.78, 5) is 26.0. The molecule has 0 atom stereocenters. The Hall–Kier alpha value is -1.98. The fraction of sp³-hybridized carbons (Fsp3) is 0.125. The van der Waals surface area contributed by atoms with E-state index in [9.17, 15) is 9.59 Å². The molecule has 0 radical (unpaired) electrons. The highest BCUT2D eigenvalue weighted by molar-refractivity contribution is 8.18. The molecule has 0 aliphatic carbocycles. The van der Waals surface area contributed by atoms with Crippen LogP contribution in [0, 0.1) is 6.92 Å². The van der Waals surface area contributed by atoms with Crippen molar-refractivity contribution in [2.24, 2.45) is 0 Å². The van der Waals surface area contributed by atoms with Gasteiger partial charge in [0.2, 0.25) is 0 Å². The second-order valence-corrected chi connectivity index (χ2v) is 6.21. The molecule has 3 rings (SSSR count). The van der Waals surface area contributed by atoms with Crippen LogP contribution in [-0.2, 0) is 11.3 Å². The summed E-state index contributed by atoms with van der Waals surface area (Å²) in [5, 5.41) is 0.228. The first-order valence-electron chi connectivity index (χ1n) is 6.60. The topological polar surface area (TPSA) is 50.5 Å². The van der Waals surface area contributed by atoms with Crippen molar-refractivity contribution in [3.05, 3.63) is 63.4 Å². The third-order valence-electron chi connectivity index (χ3n) is 3.19. The molecule has 112 valence electrons. The molecule has 0 bridgehead atoms. The predicted octanol–water partition coefficient (Wildman–Crippen LogP) is 4.48. The lowest BCUT2D eigenvalue weighted by molar-refractivity contribution is -0.123. The Kier molecular flexibility index (Phi) is 4.09. The number of carbonyl (C=O) groups excluding carboxylic acids is 2. The Bertz CT molecular complexity index is 781. The highest BCUT2D eigenvalue weighted by Gasteiger charge is 2.35. The zero-order chi connectivity index (χ0) is 15.7. The molecule has 1 saturated heterocycles. The van der Waals surface area contributed by atoms with E-state index in [2.05, 4.69) is 0 Å². The van der Waals surface area contributed by atoms with Gasteiger partial charge in [-0.15, -0.1) is 0 Å². The molecule has 0 spiro atoms. The number of furan rings is 1. The third kappa shape index (κ3) is 2.96. The minimum Gasteiger partial charge on any atom is -0.462 e. The number of hydrogen-bond donors (Lipinski definition) is 0. The standard InChI is InChI=1S/C16H12ClNO3S/c1-10-6-7-12(21-10)8-14-15(19)18(16(20)22-14)9-11-4-2-3-5-13(11)17/h2-8H,9H2,1H3/b14-8+. The maximum absolute atomic E-state index is 12.4. The molecule has 6 heteroatoms. The molecule has 0 unspecified atom stereocenters. The molecular weight excluding hydrogens is 322 g/mol. The van der Waals surface area contributed by atoms with Crippen molar-refractivity contribution in [2.45, 2.75) is 13.5 Å². The smallest absolute Gasteiger partial charge is 0.293 e. The second kappa shape index (κ2) is 6.02. The summed E-state index contributed by atoms with van der Waals surface area (Å²) in [5.74, 6) is 0.978. The molecule has 0 saturated carbocycles. The lowest BCUT2D eigenvalue weighted by atomic mass is 10.2. The lowest BCUT2D eigenvalue weighted by Gasteiger charge is -2.13. The van der Waals surface area contributed by atoms with Crippen LogP contribution < -0.4 is 0 Å². The average Bonchev–Trinajstić information content (AvgIpc) is 3.00. The number of benzene rings is 1. The minimum absolute atomic E-state index is 0.166. The monoisotopic (exact) mass is 333 g/mol. The molecule has 22 heavy (non-hydrogen) atoms. The van der Waals surface area contributed by atoms with Gasteiger partial charge in [0, 0.05) is 11.1 Å². The first-order valence-corrected chi connectivity index (χ1v) is 7.79. The van der Waals surface area contributed by atoms with Crippen molar-refractivity contribution in [1.82, 2.24) is 4.90 Å². The van der Waals surface area contributed by atoms with Crippen molar-refractivity contribution < 1.29 is 14.0 Å². The van der Waals surface area contributed by atoms with Crippen LogP contribution in [-0.4, -0.2) is 16.0 Å². The highest BCUT2D eigenvalue weighted by atomic mass is 35.5. The summed E-state index contributed by atoms with van der Waals surface area (Å²) in [6.07, 6.45) is 1.59. The number of imide groups is 1. The Labute approximate surface area is 136 Å². The summed E-state index contributed by atoms with van der Waals surface area (Å²) in [6, 6.07) is 10.7. The summed E-state index contributed by atoms with van der Waals surface area (Å²) < 4.78 is 5.41. The zero-order valence-corrected chi connectivity index (χ0v) is 13.3. The van der Waals surface area contributed by atoms with E-state index in [0.717, 1.165) is 23.1 Å².